The minimum Gasteiger partial charge on any atom is -0.497 e. The van der Waals surface area contributed by atoms with Crippen LogP contribution in [0.4, 0.5) is 0 Å². The van der Waals surface area contributed by atoms with Crippen molar-refractivity contribution < 1.29 is 9.53 Å². The van der Waals surface area contributed by atoms with Gasteiger partial charge in [0.25, 0.3) is 5.91 Å². The molecule has 1 atom stereocenters. The summed E-state index contributed by atoms with van der Waals surface area (Å²) in [6.07, 6.45) is 6.94. The summed E-state index contributed by atoms with van der Waals surface area (Å²) < 4.78 is 7.40. The maximum atomic E-state index is 13.0. The van der Waals surface area contributed by atoms with Gasteiger partial charge >= 0.3 is 0 Å². The molecule has 2 heterocycles. The van der Waals surface area contributed by atoms with Crippen LogP contribution in [0, 0.1) is 0 Å². The molecule has 0 spiro atoms. The second kappa shape index (κ2) is 8.35. The number of aromatic nitrogens is 2. The van der Waals surface area contributed by atoms with Crippen LogP contribution in [-0.2, 0) is 6.54 Å². The predicted octanol–water partition coefficient (Wildman–Crippen LogP) is 3.79. The van der Waals surface area contributed by atoms with Crippen LogP contribution < -0.4 is 4.74 Å². The summed E-state index contributed by atoms with van der Waals surface area (Å²) in [5.74, 6) is 0.926. The lowest BCUT2D eigenvalue weighted by Gasteiger charge is -2.35. The second-order valence-corrected chi connectivity index (χ2v) is 8.86. The number of carbonyl (C=O) groups is 1. The van der Waals surface area contributed by atoms with Crippen molar-refractivity contribution in [3.05, 3.63) is 59.9 Å². The number of hydrogen-bond donors (Lipinski definition) is 0. The maximum Gasteiger partial charge on any atom is 0.253 e. The molecule has 6 nitrogen and oxygen atoms in total. The minimum atomic E-state index is 0.118. The van der Waals surface area contributed by atoms with Gasteiger partial charge in [-0.2, -0.15) is 0 Å². The molecular weight excluding hydrogens is 388 g/mol. The highest BCUT2D eigenvalue weighted by Gasteiger charge is 2.34. The van der Waals surface area contributed by atoms with E-state index in [4.69, 9.17) is 4.74 Å². The monoisotopic (exact) mass is 418 g/mol. The lowest BCUT2D eigenvalue weighted by molar-refractivity contribution is 0.0720. The molecule has 1 saturated heterocycles. The molecule has 162 valence electrons. The number of ether oxygens (including phenoxy) is 1. The summed E-state index contributed by atoms with van der Waals surface area (Å²) in [7, 11) is 3.62. The van der Waals surface area contributed by atoms with E-state index in [0.717, 1.165) is 53.5 Å². The number of rotatable bonds is 6. The molecule has 2 aromatic carbocycles. The lowest BCUT2D eigenvalue weighted by atomic mass is 9.92. The van der Waals surface area contributed by atoms with Crippen LogP contribution in [-0.4, -0.2) is 64.6 Å². The number of imidazole rings is 1. The summed E-state index contributed by atoms with van der Waals surface area (Å²) in [6.45, 7) is 2.85. The Hall–Kier alpha value is -2.86. The predicted molar refractivity (Wildman–Crippen MR) is 122 cm³/mol. The molecule has 1 aliphatic heterocycles. The molecule has 31 heavy (non-hydrogen) atoms. The Balaban J connectivity index is 1.24. The lowest BCUT2D eigenvalue weighted by Crippen LogP contribution is -2.43. The van der Waals surface area contributed by atoms with E-state index in [1.54, 1.807) is 7.11 Å². The van der Waals surface area contributed by atoms with Gasteiger partial charge in [0.05, 0.1) is 24.5 Å². The highest BCUT2D eigenvalue weighted by molar-refractivity contribution is 5.94. The normalized spacial score (nSPS) is 19.5. The van der Waals surface area contributed by atoms with Crippen molar-refractivity contribution in [2.45, 2.75) is 44.3 Å². The first-order chi connectivity index (χ1) is 15.1. The molecule has 2 aliphatic rings. The molecular formula is C25H30N4O2. The van der Waals surface area contributed by atoms with Crippen molar-refractivity contribution >= 4 is 16.9 Å². The summed E-state index contributed by atoms with van der Waals surface area (Å²) in [4.78, 5) is 22.0. The molecule has 1 amide bonds. The third kappa shape index (κ3) is 3.92. The van der Waals surface area contributed by atoms with Crippen LogP contribution in [0.5, 0.6) is 5.75 Å². The third-order valence-corrected chi connectivity index (χ3v) is 7.04. The standard InChI is InChI=1S/C25H30N4O2/c1-27(21-12-13-28(16-21)20-4-3-5-20)25(30)19-8-6-18(7-9-19)15-29-17-26-23-14-22(31-2)10-11-24(23)29/h6-11,14,17,20-21H,3-5,12-13,15-16H2,1-2H3/t21-/m1/s1. The fraction of sp³-hybridized carbons (Fsp3) is 0.440. The van der Waals surface area contributed by atoms with E-state index in [9.17, 15) is 4.79 Å². The van der Waals surface area contributed by atoms with E-state index < -0.39 is 0 Å². The molecule has 3 aromatic rings. The third-order valence-electron chi connectivity index (χ3n) is 7.04. The molecule has 5 rings (SSSR count). The molecule has 2 fully saturated rings. The van der Waals surface area contributed by atoms with Gasteiger partial charge in [0.1, 0.15) is 5.75 Å². The van der Waals surface area contributed by atoms with E-state index in [1.165, 1.54) is 19.3 Å². The van der Waals surface area contributed by atoms with Crippen LogP contribution in [0.2, 0.25) is 0 Å². The van der Waals surface area contributed by atoms with Gasteiger partial charge in [-0.15, -0.1) is 0 Å². The minimum absolute atomic E-state index is 0.118. The van der Waals surface area contributed by atoms with Gasteiger partial charge in [-0.25, -0.2) is 4.98 Å². The Kier molecular flexibility index (Phi) is 5.40. The van der Waals surface area contributed by atoms with Gasteiger partial charge in [-0.05, 0) is 49.1 Å². The number of carbonyl (C=O) groups excluding carboxylic acids is 1. The van der Waals surface area contributed by atoms with E-state index in [-0.39, 0.29) is 5.91 Å². The molecule has 0 unspecified atom stereocenters. The number of likely N-dealkylation sites (tertiary alicyclic amines) is 1. The first-order valence-electron chi connectivity index (χ1n) is 11.2. The fourth-order valence-electron chi connectivity index (χ4n) is 4.78. The molecule has 1 aromatic heterocycles. The Morgan fingerprint density at radius 2 is 1.97 bits per heavy atom. The van der Waals surface area contributed by atoms with Crippen molar-refractivity contribution in [3.63, 3.8) is 0 Å². The summed E-state index contributed by atoms with van der Waals surface area (Å²) >= 11 is 0. The number of likely N-dealkylation sites (N-methyl/N-ethyl adjacent to an activating group) is 1. The molecule has 0 radical (unpaired) electrons. The number of fused-ring (bicyclic) bond motifs is 1. The Morgan fingerprint density at radius 1 is 1.16 bits per heavy atom. The Labute approximate surface area is 183 Å². The molecule has 0 N–H and O–H groups in total. The molecule has 1 saturated carbocycles. The highest BCUT2D eigenvalue weighted by Crippen LogP contribution is 2.29. The Bertz CT molecular complexity index is 1070. The zero-order valence-electron chi connectivity index (χ0n) is 18.3. The van der Waals surface area contributed by atoms with Crippen LogP contribution in [0.1, 0.15) is 41.6 Å². The SMILES string of the molecule is COc1ccc2c(c1)ncn2Cc1ccc(C(=O)N(C)[C@@H]2CCN(C3CCC3)C2)cc1. The molecule has 1 aliphatic carbocycles. The molecule has 6 heteroatoms. The summed E-state index contributed by atoms with van der Waals surface area (Å²) in [6, 6.07) is 15.0. The van der Waals surface area contributed by atoms with E-state index in [2.05, 4.69) is 14.5 Å². The first-order valence-corrected chi connectivity index (χ1v) is 11.2. The van der Waals surface area contributed by atoms with Crippen molar-refractivity contribution in [2.24, 2.45) is 0 Å². The van der Waals surface area contributed by atoms with Crippen LogP contribution in [0.25, 0.3) is 11.0 Å². The Morgan fingerprint density at radius 3 is 2.68 bits per heavy atom. The van der Waals surface area contributed by atoms with E-state index in [0.29, 0.717) is 12.6 Å². The van der Waals surface area contributed by atoms with E-state index >= 15 is 0 Å². The maximum absolute atomic E-state index is 13.0. The van der Waals surface area contributed by atoms with Gasteiger partial charge in [0.15, 0.2) is 0 Å². The zero-order chi connectivity index (χ0) is 21.4. The number of hydrogen-bond acceptors (Lipinski definition) is 4. The number of benzene rings is 2. The largest absolute Gasteiger partial charge is 0.497 e. The second-order valence-electron chi connectivity index (χ2n) is 8.86. The van der Waals surface area contributed by atoms with Gasteiger partial charge in [-0.3, -0.25) is 9.69 Å². The van der Waals surface area contributed by atoms with Gasteiger partial charge in [0, 0.05) is 50.4 Å². The first kappa shape index (κ1) is 20.1. The van der Waals surface area contributed by atoms with Gasteiger partial charge < -0.3 is 14.2 Å². The smallest absolute Gasteiger partial charge is 0.253 e. The van der Waals surface area contributed by atoms with Crippen molar-refractivity contribution in [3.8, 4) is 5.75 Å². The fourth-order valence-corrected chi connectivity index (χ4v) is 4.78. The highest BCUT2D eigenvalue weighted by atomic mass is 16.5. The number of nitrogens with zero attached hydrogens (tertiary/aromatic N) is 4. The van der Waals surface area contributed by atoms with E-state index in [1.807, 2.05) is 60.7 Å². The van der Waals surface area contributed by atoms with Crippen LogP contribution >= 0.6 is 0 Å². The van der Waals surface area contributed by atoms with Crippen molar-refractivity contribution in [1.82, 2.24) is 19.4 Å². The van der Waals surface area contributed by atoms with Gasteiger partial charge in [0.2, 0.25) is 0 Å². The quantitative estimate of drug-likeness (QED) is 0.611. The summed E-state index contributed by atoms with van der Waals surface area (Å²) in [5.41, 5.74) is 3.89. The van der Waals surface area contributed by atoms with Crippen LogP contribution in [0.3, 0.4) is 0 Å². The average molecular weight is 419 g/mol. The average Bonchev–Trinajstić information content (AvgIpc) is 3.39. The topological polar surface area (TPSA) is 50.6 Å². The number of methoxy groups -OCH3 is 1. The molecule has 0 bridgehead atoms. The summed E-state index contributed by atoms with van der Waals surface area (Å²) in [5, 5.41) is 0. The van der Waals surface area contributed by atoms with Crippen LogP contribution in [0.15, 0.2) is 48.8 Å². The van der Waals surface area contributed by atoms with Crippen molar-refractivity contribution in [1.29, 1.82) is 0 Å². The number of amides is 1. The van der Waals surface area contributed by atoms with Crippen molar-refractivity contribution in [2.75, 3.05) is 27.2 Å². The van der Waals surface area contributed by atoms with Gasteiger partial charge in [-0.1, -0.05) is 18.6 Å². The zero-order valence-corrected chi connectivity index (χ0v) is 18.3.